The van der Waals surface area contributed by atoms with Crippen molar-refractivity contribution in [2.75, 3.05) is 70.5 Å². The van der Waals surface area contributed by atoms with Crippen molar-refractivity contribution in [1.82, 2.24) is 24.5 Å². The standard InChI is InChI=1S/C28H35F3N6O3/c29-28(30,31)24-15-23(34-11-13-40-14-12-34)4-3-21(24)17-33-9-5-27(19-33)6-10-36(20-27)26(39)37-18-22(16-32-37)25(38)35-7-1-2-8-35/h3-4,15-16,18H,1-2,5-14,17,19-20H2. The zero-order valence-corrected chi connectivity index (χ0v) is 22.5. The Hall–Kier alpha value is -3.12. The Morgan fingerprint density at radius 3 is 2.45 bits per heavy atom. The highest BCUT2D eigenvalue weighted by atomic mass is 19.4. The van der Waals surface area contributed by atoms with Crippen LogP contribution in [0.1, 0.15) is 47.2 Å². The van der Waals surface area contributed by atoms with Gasteiger partial charge < -0.3 is 19.4 Å². The van der Waals surface area contributed by atoms with E-state index in [4.69, 9.17) is 4.74 Å². The van der Waals surface area contributed by atoms with Crippen LogP contribution in [0.2, 0.25) is 0 Å². The monoisotopic (exact) mass is 560 g/mol. The fourth-order valence-corrected chi connectivity index (χ4v) is 6.61. The number of anilines is 1. The summed E-state index contributed by atoms with van der Waals surface area (Å²) in [5, 5.41) is 4.16. The van der Waals surface area contributed by atoms with Gasteiger partial charge in [-0.3, -0.25) is 9.69 Å². The Morgan fingerprint density at radius 2 is 1.70 bits per heavy atom. The Morgan fingerprint density at radius 1 is 0.950 bits per heavy atom. The SMILES string of the molecule is O=C(c1cnn(C(=O)N2CCC3(CCN(Cc4ccc(N5CCOCC5)cc4C(F)(F)F)C3)C2)c1)N1CCCC1. The van der Waals surface area contributed by atoms with E-state index in [1.165, 1.54) is 23.1 Å². The average Bonchev–Trinajstić information content (AvgIpc) is 3.77. The average molecular weight is 561 g/mol. The number of hydrogen-bond acceptors (Lipinski definition) is 6. The van der Waals surface area contributed by atoms with Gasteiger partial charge in [0.2, 0.25) is 0 Å². The summed E-state index contributed by atoms with van der Waals surface area (Å²) in [7, 11) is 0. The van der Waals surface area contributed by atoms with Gasteiger partial charge in [0.25, 0.3) is 5.91 Å². The van der Waals surface area contributed by atoms with Crippen molar-refractivity contribution in [1.29, 1.82) is 0 Å². The lowest BCUT2D eigenvalue weighted by Gasteiger charge is -2.30. The molecule has 0 N–H and O–H groups in total. The molecule has 4 fully saturated rings. The van der Waals surface area contributed by atoms with E-state index in [1.54, 1.807) is 21.9 Å². The summed E-state index contributed by atoms with van der Waals surface area (Å²) in [6.45, 7) is 6.26. The van der Waals surface area contributed by atoms with Crippen LogP contribution in [-0.4, -0.2) is 102 Å². The molecular weight excluding hydrogens is 525 g/mol. The van der Waals surface area contributed by atoms with Gasteiger partial charge in [-0.2, -0.15) is 23.0 Å². The number of halogens is 3. The molecule has 0 radical (unpaired) electrons. The van der Waals surface area contributed by atoms with Gasteiger partial charge in [0.15, 0.2) is 0 Å². The number of carbonyl (C=O) groups is 2. The van der Waals surface area contributed by atoms with Gasteiger partial charge >= 0.3 is 12.2 Å². The van der Waals surface area contributed by atoms with Crippen molar-refractivity contribution < 1.29 is 27.5 Å². The molecule has 5 heterocycles. The first kappa shape index (κ1) is 27.1. The zero-order chi connectivity index (χ0) is 27.9. The number of hydrogen-bond donors (Lipinski definition) is 0. The lowest BCUT2D eigenvalue weighted by Crippen LogP contribution is -2.37. The van der Waals surface area contributed by atoms with Crippen LogP contribution in [0.15, 0.2) is 30.6 Å². The van der Waals surface area contributed by atoms with E-state index < -0.39 is 11.7 Å². The number of benzene rings is 1. The normalized spacial score (nSPS) is 24.0. The second kappa shape index (κ2) is 10.7. The predicted molar refractivity (Wildman–Crippen MR) is 141 cm³/mol. The van der Waals surface area contributed by atoms with E-state index in [2.05, 4.69) is 10.00 Å². The van der Waals surface area contributed by atoms with E-state index in [0.29, 0.717) is 63.7 Å². The van der Waals surface area contributed by atoms with Crippen molar-refractivity contribution in [2.45, 2.75) is 38.4 Å². The summed E-state index contributed by atoms with van der Waals surface area (Å²) >= 11 is 0. The molecule has 40 heavy (non-hydrogen) atoms. The maximum atomic E-state index is 14.1. The van der Waals surface area contributed by atoms with Crippen LogP contribution in [0.4, 0.5) is 23.7 Å². The Labute approximate surface area is 231 Å². The molecule has 12 heteroatoms. The third-order valence-corrected chi connectivity index (χ3v) is 8.81. The van der Waals surface area contributed by atoms with Crippen LogP contribution >= 0.6 is 0 Å². The summed E-state index contributed by atoms with van der Waals surface area (Å²) in [4.78, 5) is 33.4. The molecule has 4 saturated heterocycles. The molecule has 216 valence electrons. The first-order valence-electron chi connectivity index (χ1n) is 14.1. The van der Waals surface area contributed by atoms with Gasteiger partial charge in [0, 0.05) is 69.7 Å². The molecule has 9 nitrogen and oxygen atoms in total. The minimum Gasteiger partial charge on any atom is -0.378 e. The van der Waals surface area contributed by atoms with E-state index >= 15 is 0 Å². The zero-order valence-electron chi connectivity index (χ0n) is 22.5. The number of alkyl halides is 3. The molecule has 0 saturated carbocycles. The fourth-order valence-electron chi connectivity index (χ4n) is 6.61. The van der Waals surface area contributed by atoms with Gasteiger partial charge in [0.1, 0.15) is 0 Å². The van der Waals surface area contributed by atoms with Gasteiger partial charge in [-0.1, -0.05) is 6.07 Å². The molecule has 0 bridgehead atoms. The number of nitrogens with zero attached hydrogens (tertiary/aromatic N) is 6. The number of likely N-dealkylation sites (tertiary alicyclic amines) is 3. The number of ether oxygens (including phenoxy) is 1. The van der Waals surface area contributed by atoms with Crippen LogP contribution in [-0.2, 0) is 17.5 Å². The maximum absolute atomic E-state index is 14.1. The molecule has 1 spiro atoms. The molecule has 1 aromatic carbocycles. The Balaban J connectivity index is 1.09. The van der Waals surface area contributed by atoms with Gasteiger partial charge in [0.05, 0.1) is 30.5 Å². The van der Waals surface area contributed by atoms with Crippen molar-refractivity contribution >= 4 is 17.6 Å². The topological polar surface area (TPSA) is 74.2 Å². The largest absolute Gasteiger partial charge is 0.416 e. The number of morpholine rings is 1. The van der Waals surface area contributed by atoms with Crippen LogP contribution in [0.5, 0.6) is 0 Å². The molecule has 0 aliphatic carbocycles. The number of aromatic nitrogens is 2. The minimum absolute atomic E-state index is 0.0999. The molecule has 1 aromatic heterocycles. The maximum Gasteiger partial charge on any atom is 0.416 e. The molecule has 1 unspecified atom stereocenters. The quantitative estimate of drug-likeness (QED) is 0.570. The third-order valence-electron chi connectivity index (χ3n) is 8.81. The highest BCUT2D eigenvalue weighted by molar-refractivity contribution is 5.94. The van der Waals surface area contributed by atoms with E-state index in [-0.39, 0.29) is 29.5 Å². The Kier molecular flexibility index (Phi) is 7.24. The number of amides is 2. The highest BCUT2D eigenvalue weighted by Crippen LogP contribution is 2.41. The van der Waals surface area contributed by atoms with Gasteiger partial charge in [-0.15, -0.1) is 0 Å². The predicted octanol–water partition coefficient (Wildman–Crippen LogP) is 3.54. The van der Waals surface area contributed by atoms with E-state index in [0.717, 1.165) is 38.8 Å². The summed E-state index contributed by atoms with van der Waals surface area (Å²) < 4.78 is 48.8. The Bertz CT molecular complexity index is 1250. The molecule has 4 aliphatic rings. The molecule has 1 atom stereocenters. The minimum atomic E-state index is -4.44. The highest BCUT2D eigenvalue weighted by Gasteiger charge is 2.45. The second-order valence-corrected chi connectivity index (χ2v) is 11.5. The lowest BCUT2D eigenvalue weighted by atomic mass is 9.86. The summed E-state index contributed by atoms with van der Waals surface area (Å²) in [6, 6.07) is 4.40. The second-order valence-electron chi connectivity index (χ2n) is 11.5. The third kappa shape index (κ3) is 5.43. The molecular formula is C28H35F3N6O3. The van der Waals surface area contributed by atoms with Crippen LogP contribution < -0.4 is 4.90 Å². The fraction of sp³-hybridized carbons (Fsp3) is 0.607. The molecule has 2 amide bonds. The van der Waals surface area contributed by atoms with Crippen molar-refractivity contribution in [2.24, 2.45) is 5.41 Å². The smallest absolute Gasteiger partial charge is 0.378 e. The van der Waals surface area contributed by atoms with Crippen molar-refractivity contribution in [3.05, 3.63) is 47.3 Å². The number of rotatable bonds is 4. The first-order chi connectivity index (χ1) is 19.2. The van der Waals surface area contributed by atoms with E-state index in [9.17, 15) is 22.8 Å². The lowest BCUT2D eigenvalue weighted by molar-refractivity contribution is -0.138. The summed E-state index contributed by atoms with van der Waals surface area (Å²) in [5.74, 6) is -0.0999. The van der Waals surface area contributed by atoms with Crippen LogP contribution in [0.25, 0.3) is 0 Å². The van der Waals surface area contributed by atoms with Crippen LogP contribution in [0.3, 0.4) is 0 Å². The van der Waals surface area contributed by atoms with Crippen LogP contribution in [0, 0.1) is 5.41 Å². The van der Waals surface area contributed by atoms with E-state index in [1.807, 2.05) is 4.90 Å². The summed E-state index contributed by atoms with van der Waals surface area (Å²) in [6.07, 6.45) is 2.11. The number of carbonyl (C=O) groups excluding carboxylic acids is 2. The molecule has 2 aromatic rings. The summed E-state index contributed by atoms with van der Waals surface area (Å²) in [5.41, 5.74) is 0.531. The van der Waals surface area contributed by atoms with Crippen molar-refractivity contribution in [3.8, 4) is 0 Å². The van der Waals surface area contributed by atoms with Gasteiger partial charge in [-0.25, -0.2) is 4.79 Å². The molecule has 4 aliphatic heterocycles. The van der Waals surface area contributed by atoms with Gasteiger partial charge in [-0.05, 0) is 49.9 Å². The first-order valence-corrected chi connectivity index (χ1v) is 14.1. The van der Waals surface area contributed by atoms with Crippen molar-refractivity contribution in [3.63, 3.8) is 0 Å². The molecule has 6 rings (SSSR count).